The van der Waals surface area contributed by atoms with E-state index < -0.39 is 0 Å². The number of nitrogens with zero attached hydrogens (tertiary/aromatic N) is 2. The lowest BCUT2D eigenvalue weighted by Crippen LogP contribution is -1.94. The fraction of sp³-hybridized carbons (Fsp3) is 0.273. The van der Waals surface area contributed by atoms with Crippen LogP contribution in [0.2, 0.25) is 0 Å². The molecule has 0 spiro atoms. The molecule has 3 heteroatoms. The summed E-state index contributed by atoms with van der Waals surface area (Å²) >= 11 is 0. The Morgan fingerprint density at radius 1 is 1.29 bits per heavy atom. The Balaban J connectivity index is 2.86. The van der Waals surface area contributed by atoms with Crippen LogP contribution in [0.25, 0.3) is 0 Å². The third kappa shape index (κ3) is 2.24. The molecule has 0 saturated carbocycles. The quantitative estimate of drug-likeness (QED) is 0.727. The van der Waals surface area contributed by atoms with E-state index in [9.17, 15) is 0 Å². The van der Waals surface area contributed by atoms with Gasteiger partial charge in [0.1, 0.15) is 5.75 Å². The lowest BCUT2D eigenvalue weighted by molar-refractivity contribution is 0.414. The van der Waals surface area contributed by atoms with Crippen molar-refractivity contribution in [1.82, 2.24) is 0 Å². The van der Waals surface area contributed by atoms with E-state index in [1.165, 1.54) is 0 Å². The van der Waals surface area contributed by atoms with Crippen LogP contribution in [0.3, 0.4) is 0 Å². The Morgan fingerprint density at radius 3 is 2.36 bits per heavy atom. The molecule has 1 atom stereocenters. The molecule has 0 radical (unpaired) electrons. The first-order valence-corrected chi connectivity index (χ1v) is 4.22. The number of nitriles is 2. The largest absolute Gasteiger partial charge is 0.497 e. The van der Waals surface area contributed by atoms with E-state index in [0.717, 1.165) is 11.3 Å². The van der Waals surface area contributed by atoms with Gasteiger partial charge >= 0.3 is 0 Å². The molecule has 1 aromatic carbocycles. The number of rotatable bonds is 3. The van der Waals surface area contributed by atoms with Crippen molar-refractivity contribution in [2.45, 2.75) is 12.3 Å². The van der Waals surface area contributed by atoms with Gasteiger partial charge in [-0.15, -0.1) is 0 Å². The molecule has 70 valence electrons. The Labute approximate surface area is 83.2 Å². The van der Waals surface area contributed by atoms with Crippen molar-refractivity contribution in [3.05, 3.63) is 29.8 Å². The van der Waals surface area contributed by atoms with E-state index >= 15 is 0 Å². The molecule has 0 saturated heterocycles. The van der Waals surface area contributed by atoms with Crippen molar-refractivity contribution in [3.8, 4) is 17.9 Å². The van der Waals surface area contributed by atoms with Crippen LogP contribution in [0.15, 0.2) is 24.3 Å². The first-order valence-electron chi connectivity index (χ1n) is 4.22. The minimum Gasteiger partial charge on any atom is -0.497 e. The minimum absolute atomic E-state index is 0.225. The fourth-order valence-electron chi connectivity index (χ4n) is 1.17. The van der Waals surface area contributed by atoms with Gasteiger partial charge in [0, 0.05) is 0 Å². The molecule has 14 heavy (non-hydrogen) atoms. The SMILES string of the molecule is COc1ccc([C@@H](C#N)CC#N)cc1. The standard InChI is InChI=1S/C11H10N2O/c1-14-11-4-2-9(3-5-11)10(8-13)6-7-12/h2-5,10H,6H2,1H3/t10-/m1/s1. The second-order valence-electron chi connectivity index (χ2n) is 2.82. The summed E-state index contributed by atoms with van der Waals surface area (Å²) in [5.41, 5.74) is 0.856. The summed E-state index contributed by atoms with van der Waals surface area (Å²) in [4.78, 5) is 0. The summed E-state index contributed by atoms with van der Waals surface area (Å²) in [5, 5.41) is 17.3. The van der Waals surface area contributed by atoms with E-state index in [1.807, 2.05) is 18.2 Å². The number of benzene rings is 1. The Morgan fingerprint density at radius 2 is 1.93 bits per heavy atom. The molecule has 0 aliphatic carbocycles. The molecule has 0 aliphatic rings. The highest BCUT2D eigenvalue weighted by atomic mass is 16.5. The molecule has 3 nitrogen and oxygen atoms in total. The van der Waals surface area contributed by atoms with E-state index in [-0.39, 0.29) is 12.3 Å². The molecule has 0 N–H and O–H groups in total. The molecule has 0 aliphatic heterocycles. The van der Waals surface area contributed by atoms with Gasteiger partial charge in [0.25, 0.3) is 0 Å². The molecular formula is C11H10N2O. The lowest BCUT2D eigenvalue weighted by Gasteiger charge is -2.05. The molecular weight excluding hydrogens is 176 g/mol. The third-order valence-electron chi connectivity index (χ3n) is 1.97. The van der Waals surface area contributed by atoms with Gasteiger partial charge in [-0.05, 0) is 17.7 Å². The van der Waals surface area contributed by atoms with Gasteiger partial charge in [-0.3, -0.25) is 0 Å². The van der Waals surface area contributed by atoms with Gasteiger partial charge in [-0.25, -0.2) is 0 Å². The molecule has 1 rings (SSSR count). The monoisotopic (exact) mass is 186 g/mol. The summed E-state index contributed by atoms with van der Waals surface area (Å²) in [6.45, 7) is 0. The fourth-order valence-corrected chi connectivity index (χ4v) is 1.17. The summed E-state index contributed by atoms with van der Waals surface area (Å²) in [6.07, 6.45) is 0.225. The number of methoxy groups -OCH3 is 1. The summed E-state index contributed by atoms with van der Waals surface area (Å²) in [6, 6.07) is 11.3. The van der Waals surface area contributed by atoms with Gasteiger partial charge in [0.2, 0.25) is 0 Å². The maximum atomic E-state index is 8.80. The molecule has 0 amide bonds. The van der Waals surface area contributed by atoms with Crippen molar-refractivity contribution in [2.24, 2.45) is 0 Å². The highest BCUT2D eigenvalue weighted by molar-refractivity contribution is 5.32. The summed E-state index contributed by atoms with van der Waals surface area (Å²) < 4.78 is 4.99. The van der Waals surface area contributed by atoms with Crippen molar-refractivity contribution in [2.75, 3.05) is 7.11 Å². The van der Waals surface area contributed by atoms with E-state index in [1.54, 1.807) is 19.2 Å². The summed E-state index contributed by atoms with van der Waals surface area (Å²) in [7, 11) is 1.59. The van der Waals surface area contributed by atoms with Crippen molar-refractivity contribution >= 4 is 0 Å². The predicted molar refractivity (Wildman–Crippen MR) is 51.6 cm³/mol. The highest BCUT2D eigenvalue weighted by Crippen LogP contribution is 2.21. The number of hydrogen-bond donors (Lipinski definition) is 0. The first-order chi connectivity index (χ1) is 6.81. The Hall–Kier alpha value is -2.00. The third-order valence-corrected chi connectivity index (χ3v) is 1.97. The molecule has 0 heterocycles. The lowest BCUT2D eigenvalue weighted by atomic mass is 9.98. The normalized spacial score (nSPS) is 11.1. The maximum Gasteiger partial charge on any atom is 0.118 e. The molecule has 0 bridgehead atoms. The van der Waals surface area contributed by atoms with Gasteiger partial charge < -0.3 is 4.74 Å². The number of ether oxygens (including phenoxy) is 1. The molecule has 0 aromatic heterocycles. The highest BCUT2D eigenvalue weighted by Gasteiger charge is 2.09. The topological polar surface area (TPSA) is 56.8 Å². The summed E-state index contributed by atoms with van der Waals surface area (Å²) in [5.74, 6) is 0.410. The van der Waals surface area contributed by atoms with Crippen molar-refractivity contribution < 1.29 is 4.74 Å². The van der Waals surface area contributed by atoms with Gasteiger partial charge in [0.05, 0.1) is 31.6 Å². The van der Waals surface area contributed by atoms with Crippen molar-refractivity contribution in [1.29, 1.82) is 10.5 Å². The van der Waals surface area contributed by atoms with E-state index in [2.05, 4.69) is 6.07 Å². The first kappa shape index (κ1) is 10.1. The molecule has 0 unspecified atom stereocenters. The Kier molecular flexibility index (Phi) is 3.52. The number of hydrogen-bond acceptors (Lipinski definition) is 3. The van der Waals surface area contributed by atoms with Crippen LogP contribution in [-0.2, 0) is 0 Å². The van der Waals surface area contributed by atoms with Crippen LogP contribution in [0.1, 0.15) is 17.9 Å². The van der Waals surface area contributed by atoms with Crippen LogP contribution in [-0.4, -0.2) is 7.11 Å². The molecule has 0 fully saturated rings. The maximum absolute atomic E-state index is 8.80. The van der Waals surface area contributed by atoms with Gasteiger partial charge in [0.15, 0.2) is 0 Å². The van der Waals surface area contributed by atoms with Gasteiger partial charge in [-0.1, -0.05) is 12.1 Å². The van der Waals surface area contributed by atoms with E-state index in [0.29, 0.717) is 0 Å². The Bertz CT molecular complexity index is 370. The average Bonchev–Trinajstić information content (AvgIpc) is 2.26. The van der Waals surface area contributed by atoms with Crippen LogP contribution < -0.4 is 4.74 Å². The van der Waals surface area contributed by atoms with Crippen LogP contribution >= 0.6 is 0 Å². The van der Waals surface area contributed by atoms with E-state index in [4.69, 9.17) is 15.3 Å². The zero-order valence-electron chi connectivity index (χ0n) is 7.90. The zero-order valence-corrected chi connectivity index (χ0v) is 7.90. The second kappa shape index (κ2) is 4.89. The second-order valence-corrected chi connectivity index (χ2v) is 2.82. The van der Waals surface area contributed by atoms with Crippen LogP contribution in [0.5, 0.6) is 5.75 Å². The average molecular weight is 186 g/mol. The van der Waals surface area contributed by atoms with Crippen molar-refractivity contribution in [3.63, 3.8) is 0 Å². The smallest absolute Gasteiger partial charge is 0.118 e. The van der Waals surface area contributed by atoms with Crippen LogP contribution in [0, 0.1) is 22.7 Å². The minimum atomic E-state index is -0.342. The predicted octanol–water partition coefficient (Wildman–Crippen LogP) is 2.22. The molecule has 1 aromatic rings. The zero-order chi connectivity index (χ0) is 10.4. The van der Waals surface area contributed by atoms with Crippen LogP contribution in [0.4, 0.5) is 0 Å². The van der Waals surface area contributed by atoms with Gasteiger partial charge in [-0.2, -0.15) is 10.5 Å².